The number of alkyl carbamates (subject to hydrolysis) is 1. The minimum Gasteiger partial charge on any atom is -0.494 e. The summed E-state index contributed by atoms with van der Waals surface area (Å²) in [5.41, 5.74) is -0.0785. The van der Waals surface area contributed by atoms with Crippen molar-refractivity contribution in [3.63, 3.8) is 0 Å². The molecule has 24 heavy (non-hydrogen) atoms. The van der Waals surface area contributed by atoms with Crippen LogP contribution >= 0.6 is 0 Å². The van der Waals surface area contributed by atoms with Crippen molar-refractivity contribution < 1.29 is 23.8 Å². The molecule has 1 aromatic rings. The monoisotopic (exact) mass is 337 g/mol. The number of carbonyl (C=O) groups excluding carboxylic acids is 2. The summed E-state index contributed by atoms with van der Waals surface area (Å²) in [7, 11) is 0. The summed E-state index contributed by atoms with van der Waals surface area (Å²) in [4.78, 5) is 23.4. The Morgan fingerprint density at radius 1 is 1.17 bits per heavy atom. The van der Waals surface area contributed by atoms with E-state index in [0.717, 1.165) is 6.42 Å². The van der Waals surface area contributed by atoms with Crippen molar-refractivity contribution in [3.8, 4) is 5.75 Å². The molecule has 0 fully saturated rings. The van der Waals surface area contributed by atoms with Crippen molar-refractivity contribution in [2.75, 3.05) is 19.8 Å². The zero-order valence-electron chi connectivity index (χ0n) is 14.9. The first-order valence-corrected chi connectivity index (χ1v) is 8.18. The molecule has 0 atom stereocenters. The molecule has 1 amide bonds. The normalized spacial score (nSPS) is 10.8. The fourth-order valence-corrected chi connectivity index (χ4v) is 1.76. The van der Waals surface area contributed by atoms with E-state index >= 15 is 0 Å². The van der Waals surface area contributed by atoms with E-state index in [1.54, 1.807) is 45.0 Å². The van der Waals surface area contributed by atoms with E-state index < -0.39 is 17.7 Å². The van der Waals surface area contributed by atoms with E-state index in [2.05, 4.69) is 5.32 Å². The predicted octanol–water partition coefficient (Wildman–Crippen LogP) is 3.55. The number of hydrogen-bond acceptors (Lipinski definition) is 5. The van der Waals surface area contributed by atoms with Gasteiger partial charge in [0.2, 0.25) is 0 Å². The van der Waals surface area contributed by atoms with Gasteiger partial charge in [0.05, 0.1) is 18.8 Å². The molecule has 0 aliphatic heterocycles. The summed E-state index contributed by atoms with van der Waals surface area (Å²) in [6, 6.07) is 6.90. The molecular formula is C18H27NO5. The molecule has 0 aliphatic rings. The second kappa shape index (κ2) is 9.80. The lowest BCUT2D eigenvalue weighted by Crippen LogP contribution is -2.33. The quantitative estimate of drug-likeness (QED) is 0.580. The third-order valence-electron chi connectivity index (χ3n) is 2.77. The molecule has 0 bridgehead atoms. The Balaban J connectivity index is 2.28. The summed E-state index contributed by atoms with van der Waals surface area (Å²) in [5, 5.41) is 2.61. The van der Waals surface area contributed by atoms with E-state index in [9.17, 15) is 9.59 Å². The second-order valence-electron chi connectivity index (χ2n) is 6.29. The van der Waals surface area contributed by atoms with Gasteiger partial charge in [0, 0.05) is 6.54 Å². The van der Waals surface area contributed by atoms with Crippen LogP contribution in [0.5, 0.6) is 5.75 Å². The van der Waals surface area contributed by atoms with E-state index in [0.29, 0.717) is 30.9 Å². The zero-order chi connectivity index (χ0) is 18.0. The van der Waals surface area contributed by atoms with Crippen LogP contribution in [-0.4, -0.2) is 37.4 Å². The van der Waals surface area contributed by atoms with Gasteiger partial charge in [0.1, 0.15) is 11.4 Å². The molecule has 0 aromatic heterocycles. The van der Waals surface area contributed by atoms with Crippen LogP contribution in [0, 0.1) is 0 Å². The van der Waals surface area contributed by atoms with Crippen molar-refractivity contribution >= 4 is 12.1 Å². The Bertz CT molecular complexity index is 536. The molecular weight excluding hydrogens is 310 g/mol. The van der Waals surface area contributed by atoms with Crippen LogP contribution in [0.1, 0.15) is 50.9 Å². The highest BCUT2D eigenvalue weighted by molar-refractivity contribution is 5.89. The van der Waals surface area contributed by atoms with E-state index in [1.807, 2.05) is 6.92 Å². The first-order chi connectivity index (χ1) is 11.3. The molecule has 0 unspecified atom stereocenters. The minimum atomic E-state index is -0.526. The van der Waals surface area contributed by atoms with E-state index in [4.69, 9.17) is 14.2 Å². The number of esters is 1. The molecule has 0 heterocycles. The van der Waals surface area contributed by atoms with Crippen LogP contribution in [0.3, 0.4) is 0 Å². The van der Waals surface area contributed by atoms with E-state index in [1.165, 1.54) is 0 Å². The minimum absolute atomic E-state index is 0.217. The lowest BCUT2D eigenvalue weighted by molar-refractivity contribution is 0.0482. The van der Waals surface area contributed by atoms with Crippen LogP contribution in [0.2, 0.25) is 0 Å². The van der Waals surface area contributed by atoms with Gasteiger partial charge in [-0.15, -0.1) is 0 Å². The maximum absolute atomic E-state index is 12.0. The van der Waals surface area contributed by atoms with Crippen LogP contribution in [0.4, 0.5) is 4.79 Å². The fraction of sp³-hybridized carbons (Fsp3) is 0.556. The smallest absolute Gasteiger partial charge is 0.407 e. The van der Waals surface area contributed by atoms with Gasteiger partial charge in [-0.3, -0.25) is 0 Å². The number of hydrogen-bond donors (Lipinski definition) is 1. The first kappa shape index (κ1) is 19.8. The molecule has 134 valence electrons. The molecule has 0 spiro atoms. The van der Waals surface area contributed by atoms with Crippen molar-refractivity contribution in [1.29, 1.82) is 0 Å². The molecule has 1 rings (SSSR count). The van der Waals surface area contributed by atoms with Gasteiger partial charge in [-0.05, 0) is 51.8 Å². The number of rotatable bonds is 8. The first-order valence-electron chi connectivity index (χ1n) is 8.18. The zero-order valence-corrected chi connectivity index (χ0v) is 14.9. The number of nitrogens with one attached hydrogen (secondary N) is 1. The van der Waals surface area contributed by atoms with Gasteiger partial charge < -0.3 is 19.5 Å². The highest BCUT2D eigenvalue weighted by Gasteiger charge is 2.15. The lowest BCUT2D eigenvalue weighted by atomic mass is 10.2. The topological polar surface area (TPSA) is 73.9 Å². The average Bonchev–Trinajstić information content (AvgIpc) is 2.51. The van der Waals surface area contributed by atoms with Gasteiger partial charge in [-0.2, -0.15) is 0 Å². The summed E-state index contributed by atoms with van der Waals surface area (Å²) in [6.07, 6.45) is 0.936. The van der Waals surface area contributed by atoms with E-state index in [-0.39, 0.29) is 6.61 Å². The molecule has 0 aliphatic carbocycles. The Labute approximate surface area is 143 Å². The van der Waals surface area contributed by atoms with Crippen molar-refractivity contribution in [1.82, 2.24) is 5.32 Å². The Hall–Kier alpha value is -2.24. The third kappa shape index (κ3) is 8.41. The summed E-state index contributed by atoms with van der Waals surface area (Å²) in [5.74, 6) is 0.243. The van der Waals surface area contributed by atoms with Crippen molar-refractivity contribution in [2.24, 2.45) is 0 Å². The van der Waals surface area contributed by atoms with Crippen LogP contribution < -0.4 is 10.1 Å². The highest BCUT2D eigenvalue weighted by atomic mass is 16.6. The van der Waals surface area contributed by atoms with Crippen LogP contribution in [0.15, 0.2) is 24.3 Å². The molecule has 1 N–H and O–H groups in total. The molecule has 0 radical (unpaired) electrons. The summed E-state index contributed by atoms with van der Waals surface area (Å²) >= 11 is 0. The third-order valence-corrected chi connectivity index (χ3v) is 2.77. The standard InChI is InChI=1S/C18H27NO5/c1-5-11-22-15-9-6-8-14(13-15)16(20)23-12-7-10-19-17(21)24-18(2,3)4/h6,8-9,13H,5,7,10-12H2,1-4H3,(H,19,21). The van der Waals surface area contributed by atoms with Gasteiger partial charge in [0.15, 0.2) is 0 Å². The lowest BCUT2D eigenvalue weighted by Gasteiger charge is -2.19. The molecule has 1 aromatic carbocycles. The number of amides is 1. The number of ether oxygens (including phenoxy) is 3. The van der Waals surface area contributed by atoms with Crippen molar-refractivity contribution in [2.45, 2.75) is 46.1 Å². The second-order valence-corrected chi connectivity index (χ2v) is 6.29. The molecule has 6 heteroatoms. The maximum atomic E-state index is 12.0. The van der Waals surface area contributed by atoms with Gasteiger partial charge >= 0.3 is 12.1 Å². The maximum Gasteiger partial charge on any atom is 0.407 e. The number of benzene rings is 1. The van der Waals surface area contributed by atoms with Gasteiger partial charge in [-0.25, -0.2) is 9.59 Å². The van der Waals surface area contributed by atoms with Gasteiger partial charge in [-0.1, -0.05) is 13.0 Å². The Morgan fingerprint density at radius 2 is 1.92 bits per heavy atom. The fourth-order valence-electron chi connectivity index (χ4n) is 1.76. The molecule has 0 saturated heterocycles. The number of carbonyl (C=O) groups is 2. The average molecular weight is 337 g/mol. The van der Waals surface area contributed by atoms with Crippen LogP contribution in [-0.2, 0) is 9.47 Å². The van der Waals surface area contributed by atoms with Crippen LogP contribution in [0.25, 0.3) is 0 Å². The SMILES string of the molecule is CCCOc1cccc(C(=O)OCCCNC(=O)OC(C)(C)C)c1. The van der Waals surface area contributed by atoms with Crippen molar-refractivity contribution in [3.05, 3.63) is 29.8 Å². The summed E-state index contributed by atoms with van der Waals surface area (Å²) < 4.78 is 15.8. The molecule has 6 nitrogen and oxygen atoms in total. The largest absolute Gasteiger partial charge is 0.494 e. The summed E-state index contributed by atoms with van der Waals surface area (Å²) in [6.45, 7) is 8.61. The predicted molar refractivity (Wildman–Crippen MR) is 91.4 cm³/mol. The Morgan fingerprint density at radius 3 is 2.58 bits per heavy atom. The molecule has 0 saturated carbocycles. The highest BCUT2D eigenvalue weighted by Crippen LogP contribution is 2.14. The Kier molecular flexibility index (Phi) is 8.09. The van der Waals surface area contributed by atoms with Gasteiger partial charge in [0.25, 0.3) is 0 Å².